The van der Waals surface area contributed by atoms with Crippen LogP contribution in [0.3, 0.4) is 0 Å². The van der Waals surface area contributed by atoms with Crippen molar-refractivity contribution in [3.63, 3.8) is 0 Å². The summed E-state index contributed by atoms with van der Waals surface area (Å²) in [6.45, 7) is 4.10. The second-order valence-electron chi connectivity index (χ2n) is 4.06. The molecule has 0 aliphatic heterocycles. The molecule has 0 amide bonds. The first kappa shape index (κ1) is 12.8. The average molecular weight is 261 g/mol. The molecule has 0 N–H and O–H groups in total. The fourth-order valence-corrected chi connectivity index (χ4v) is 2.64. The van der Waals surface area contributed by atoms with Gasteiger partial charge in [0.1, 0.15) is 17.0 Å². The van der Waals surface area contributed by atoms with Crippen LogP contribution in [0.15, 0.2) is 17.5 Å². The van der Waals surface area contributed by atoms with Crippen LogP contribution in [-0.4, -0.2) is 18.4 Å². The van der Waals surface area contributed by atoms with Crippen LogP contribution in [0, 0.1) is 13.8 Å². The van der Waals surface area contributed by atoms with Crippen LogP contribution in [0.2, 0.25) is 0 Å². The van der Waals surface area contributed by atoms with Crippen LogP contribution >= 0.6 is 11.3 Å². The molecule has 0 aliphatic carbocycles. The zero-order chi connectivity index (χ0) is 13.1. The molecule has 0 aliphatic rings. The third-order valence-corrected chi connectivity index (χ3v) is 3.91. The van der Waals surface area contributed by atoms with Gasteiger partial charge in [-0.3, -0.25) is 0 Å². The number of methoxy groups -OCH3 is 1. The highest BCUT2D eigenvalue weighted by atomic mass is 32.1. The standard InChI is InChI=1S/C14H15NO2S/c1-9-10(2)13(17-3)5-4-11(9)12-8-18-14(15-12)6-7-16/h4-5,7-8H,6H2,1-3H3. The first-order valence-corrected chi connectivity index (χ1v) is 6.58. The van der Waals surface area contributed by atoms with Gasteiger partial charge in [-0.15, -0.1) is 11.3 Å². The Morgan fingerprint density at radius 3 is 2.78 bits per heavy atom. The van der Waals surface area contributed by atoms with Gasteiger partial charge in [0.15, 0.2) is 0 Å². The monoisotopic (exact) mass is 261 g/mol. The van der Waals surface area contributed by atoms with Gasteiger partial charge in [-0.25, -0.2) is 4.98 Å². The van der Waals surface area contributed by atoms with E-state index in [9.17, 15) is 4.79 Å². The highest BCUT2D eigenvalue weighted by Crippen LogP contribution is 2.31. The van der Waals surface area contributed by atoms with Gasteiger partial charge >= 0.3 is 0 Å². The van der Waals surface area contributed by atoms with Gasteiger partial charge in [-0.1, -0.05) is 0 Å². The Kier molecular flexibility index (Phi) is 3.77. The summed E-state index contributed by atoms with van der Waals surface area (Å²) in [5, 5.41) is 2.85. The van der Waals surface area contributed by atoms with Gasteiger partial charge in [0.25, 0.3) is 0 Å². The zero-order valence-corrected chi connectivity index (χ0v) is 11.5. The number of carbonyl (C=O) groups excluding carboxylic acids is 1. The topological polar surface area (TPSA) is 39.2 Å². The van der Waals surface area contributed by atoms with Crippen LogP contribution in [0.5, 0.6) is 5.75 Å². The Morgan fingerprint density at radius 1 is 1.33 bits per heavy atom. The summed E-state index contributed by atoms with van der Waals surface area (Å²) in [4.78, 5) is 14.9. The van der Waals surface area contributed by atoms with Crippen LogP contribution in [0.25, 0.3) is 11.3 Å². The Labute approximate surface area is 110 Å². The summed E-state index contributed by atoms with van der Waals surface area (Å²) in [6.07, 6.45) is 1.27. The Bertz CT molecular complexity index is 575. The number of rotatable bonds is 4. The fourth-order valence-electron chi connectivity index (χ4n) is 1.89. The molecule has 0 saturated carbocycles. The van der Waals surface area contributed by atoms with E-state index in [0.717, 1.165) is 39.4 Å². The molecule has 18 heavy (non-hydrogen) atoms. The molecule has 1 heterocycles. The number of nitrogens with zero attached hydrogens (tertiary/aromatic N) is 1. The molecule has 0 atom stereocenters. The number of benzene rings is 1. The minimum atomic E-state index is 0.388. The Balaban J connectivity index is 2.44. The first-order chi connectivity index (χ1) is 8.67. The molecule has 1 aromatic carbocycles. The molecule has 0 fully saturated rings. The molecule has 94 valence electrons. The summed E-state index contributed by atoms with van der Waals surface area (Å²) < 4.78 is 5.30. The number of hydrogen-bond donors (Lipinski definition) is 0. The van der Waals surface area contributed by atoms with Crippen molar-refractivity contribution in [3.05, 3.63) is 33.6 Å². The molecular weight excluding hydrogens is 246 g/mol. The lowest BCUT2D eigenvalue weighted by molar-refractivity contribution is -0.107. The summed E-state index contributed by atoms with van der Waals surface area (Å²) in [5.74, 6) is 0.889. The van der Waals surface area contributed by atoms with E-state index in [2.05, 4.69) is 11.9 Å². The van der Waals surface area contributed by atoms with Crippen molar-refractivity contribution in [2.75, 3.05) is 7.11 Å². The highest BCUT2D eigenvalue weighted by Gasteiger charge is 2.11. The number of thiazole rings is 1. The minimum absolute atomic E-state index is 0.388. The van der Waals surface area contributed by atoms with Crippen LogP contribution in [-0.2, 0) is 11.2 Å². The van der Waals surface area contributed by atoms with E-state index >= 15 is 0 Å². The summed E-state index contributed by atoms with van der Waals surface area (Å²) in [7, 11) is 1.67. The van der Waals surface area contributed by atoms with Crippen molar-refractivity contribution >= 4 is 17.6 Å². The summed E-state index contributed by atoms with van der Waals surface area (Å²) in [5.41, 5.74) is 4.32. The van der Waals surface area contributed by atoms with Gasteiger partial charge in [0.2, 0.25) is 0 Å². The molecule has 3 nitrogen and oxygen atoms in total. The number of hydrogen-bond acceptors (Lipinski definition) is 4. The van der Waals surface area contributed by atoms with Gasteiger partial charge in [0.05, 0.1) is 19.2 Å². The molecule has 4 heteroatoms. The largest absolute Gasteiger partial charge is 0.496 e. The number of aldehydes is 1. The smallest absolute Gasteiger partial charge is 0.126 e. The minimum Gasteiger partial charge on any atom is -0.496 e. The van der Waals surface area contributed by atoms with Crippen molar-refractivity contribution in [2.24, 2.45) is 0 Å². The Hall–Kier alpha value is -1.68. The van der Waals surface area contributed by atoms with E-state index in [0.29, 0.717) is 6.42 Å². The number of carbonyl (C=O) groups is 1. The maximum Gasteiger partial charge on any atom is 0.126 e. The highest BCUT2D eigenvalue weighted by molar-refractivity contribution is 7.10. The van der Waals surface area contributed by atoms with Crippen molar-refractivity contribution in [1.29, 1.82) is 0 Å². The molecule has 2 aromatic rings. The van der Waals surface area contributed by atoms with E-state index in [1.54, 1.807) is 7.11 Å². The lowest BCUT2D eigenvalue weighted by Gasteiger charge is -2.10. The van der Waals surface area contributed by atoms with Crippen LogP contribution in [0.4, 0.5) is 0 Å². The lowest BCUT2D eigenvalue weighted by Crippen LogP contribution is -1.93. The molecule has 0 unspecified atom stereocenters. The molecule has 0 radical (unpaired) electrons. The van der Waals surface area contributed by atoms with E-state index in [1.165, 1.54) is 11.3 Å². The molecule has 0 bridgehead atoms. The van der Waals surface area contributed by atoms with Crippen LogP contribution in [0.1, 0.15) is 16.1 Å². The maximum absolute atomic E-state index is 10.5. The molecule has 1 aromatic heterocycles. The second kappa shape index (κ2) is 5.31. The molecular formula is C14H15NO2S. The van der Waals surface area contributed by atoms with E-state index < -0.39 is 0 Å². The van der Waals surface area contributed by atoms with Crippen molar-refractivity contribution in [1.82, 2.24) is 4.98 Å². The van der Waals surface area contributed by atoms with E-state index in [4.69, 9.17) is 4.74 Å². The van der Waals surface area contributed by atoms with Gasteiger partial charge in [-0.2, -0.15) is 0 Å². The SMILES string of the molecule is COc1ccc(-c2csc(CC=O)n2)c(C)c1C. The first-order valence-electron chi connectivity index (χ1n) is 5.70. The molecule has 0 saturated heterocycles. The van der Waals surface area contributed by atoms with E-state index in [-0.39, 0.29) is 0 Å². The van der Waals surface area contributed by atoms with Gasteiger partial charge in [0, 0.05) is 10.9 Å². The number of aromatic nitrogens is 1. The van der Waals surface area contributed by atoms with Gasteiger partial charge < -0.3 is 9.53 Å². The second-order valence-corrected chi connectivity index (χ2v) is 5.01. The fraction of sp³-hybridized carbons (Fsp3) is 0.286. The van der Waals surface area contributed by atoms with Crippen molar-refractivity contribution in [3.8, 4) is 17.0 Å². The lowest BCUT2D eigenvalue weighted by atomic mass is 10.0. The third-order valence-electron chi connectivity index (χ3n) is 3.04. The third kappa shape index (κ3) is 2.29. The molecule has 2 rings (SSSR count). The normalized spacial score (nSPS) is 10.4. The van der Waals surface area contributed by atoms with E-state index in [1.807, 2.05) is 24.4 Å². The van der Waals surface area contributed by atoms with Crippen molar-refractivity contribution in [2.45, 2.75) is 20.3 Å². The predicted molar refractivity (Wildman–Crippen MR) is 73.3 cm³/mol. The summed E-state index contributed by atoms with van der Waals surface area (Å²) in [6, 6.07) is 3.97. The zero-order valence-electron chi connectivity index (χ0n) is 10.7. The maximum atomic E-state index is 10.5. The number of ether oxygens (including phenoxy) is 1. The predicted octanol–water partition coefficient (Wildman–Crippen LogP) is 3.18. The Morgan fingerprint density at radius 2 is 2.11 bits per heavy atom. The van der Waals surface area contributed by atoms with Gasteiger partial charge in [-0.05, 0) is 37.1 Å². The van der Waals surface area contributed by atoms with Crippen LogP contribution < -0.4 is 4.74 Å². The molecule has 0 spiro atoms. The summed E-state index contributed by atoms with van der Waals surface area (Å²) >= 11 is 1.52. The van der Waals surface area contributed by atoms with Crippen molar-refractivity contribution < 1.29 is 9.53 Å². The quantitative estimate of drug-likeness (QED) is 0.793. The average Bonchev–Trinajstić information content (AvgIpc) is 2.81.